The van der Waals surface area contributed by atoms with Crippen molar-refractivity contribution in [2.24, 2.45) is 0 Å². The molecule has 0 saturated carbocycles. The summed E-state index contributed by atoms with van der Waals surface area (Å²) in [6, 6.07) is 54.9. The van der Waals surface area contributed by atoms with Crippen LogP contribution in [0.25, 0.3) is 69.6 Å². The van der Waals surface area contributed by atoms with E-state index < -0.39 is 0 Å². The Morgan fingerprint density at radius 2 is 1.13 bits per heavy atom. The van der Waals surface area contributed by atoms with E-state index in [0.29, 0.717) is 0 Å². The number of furan rings is 1. The summed E-state index contributed by atoms with van der Waals surface area (Å²) >= 11 is 1.85. The number of para-hydroxylation sites is 2. The molecule has 0 unspecified atom stereocenters. The number of nitrogens with zero attached hydrogens (tertiary/aromatic N) is 2. The molecule has 0 aliphatic heterocycles. The van der Waals surface area contributed by atoms with Gasteiger partial charge in [-0.3, -0.25) is 0 Å². The van der Waals surface area contributed by atoms with Gasteiger partial charge in [-0.15, -0.1) is 11.3 Å². The Morgan fingerprint density at radius 1 is 0.468 bits per heavy atom. The highest BCUT2D eigenvalue weighted by Crippen LogP contribution is 2.43. The molecule has 0 saturated heterocycles. The van der Waals surface area contributed by atoms with Crippen LogP contribution in [-0.4, -0.2) is 4.57 Å². The molecule has 0 N–H and O–H groups in total. The van der Waals surface area contributed by atoms with Gasteiger partial charge in [-0.25, -0.2) is 0 Å². The van der Waals surface area contributed by atoms with Crippen LogP contribution in [0.3, 0.4) is 0 Å². The molecule has 4 heteroatoms. The van der Waals surface area contributed by atoms with E-state index >= 15 is 0 Å². The van der Waals surface area contributed by atoms with Crippen LogP contribution in [0.4, 0.5) is 17.1 Å². The Labute approximate surface area is 275 Å². The molecular weight excluding hydrogens is 593 g/mol. The molecule has 3 aromatic heterocycles. The van der Waals surface area contributed by atoms with E-state index in [2.05, 4.69) is 156 Å². The third-order valence-electron chi connectivity index (χ3n) is 9.44. The third kappa shape index (κ3) is 4.05. The zero-order chi connectivity index (χ0) is 31.1. The molecule has 222 valence electrons. The summed E-state index contributed by atoms with van der Waals surface area (Å²) in [5, 5.41) is 7.31. The maximum absolute atomic E-state index is 6.19. The first-order valence-electron chi connectivity index (χ1n) is 15.9. The first kappa shape index (κ1) is 26.4. The van der Waals surface area contributed by atoms with Crippen molar-refractivity contribution in [3.63, 3.8) is 0 Å². The lowest BCUT2D eigenvalue weighted by Gasteiger charge is -2.26. The molecule has 0 aliphatic rings. The molecule has 47 heavy (non-hydrogen) atoms. The van der Waals surface area contributed by atoms with Gasteiger partial charge in [0.05, 0.1) is 11.0 Å². The van der Waals surface area contributed by atoms with Crippen molar-refractivity contribution >= 4 is 92.3 Å². The van der Waals surface area contributed by atoms with Crippen molar-refractivity contribution in [2.45, 2.75) is 6.92 Å². The molecule has 10 rings (SSSR count). The highest BCUT2D eigenvalue weighted by atomic mass is 32.1. The van der Waals surface area contributed by atoms with E-state index in [1.54, 1.807) is 0 Å². The number of aryl methyl sites for hydroxylation is 1. The number of rotatable bonds is 4. The van der Waals surface area contributed by atoms with Crippen LogP contribution in [0.2, 0.25) is 0 Å². The quantitative estimate of drug-likeness (QED) is 0.195. The fraction of sp³-hybridized carbons (Fsp3) is 0.0233. The van der Waals surface area contributed by atoms with Gasteiger partial charge < -0.3 is 13.9 Å². The van der Waals surface area contributed by atoms with E-state index in [4.69, 9.17) is 4.42 Å². The van der Waals surface area contributed by atoms with E-state index in [1.165, 1.54) is 42.0 Å². The molecule has 3 nitrogen and oxygen atoms in total. The minimum Gasteiger partial charge on any atom is -0.456 e. The number of thiophene rings is 1. The minimum atomic E-state index is 0.901. The van der Waals surface area contributed by atoms with Crippen LogP contribution < -0.4 is 4.90 Å². The van der Waals surface area contributed by atoms with Gasteiger partial charge in [0.25, 0.3) is 0 Å². The second kappa shape index (κ2) is 10.1. The molecule has 7 aromatic carbocycles. The van der Waals surface area contributed by atoms with Gasteiger partial charge in [0.1, 0.15) is 11.2 Å². The number of hydrogen-bond donors (Lipinski definition) is 0. The third-order valence-corrected chi connectivity index (χ3v) is 10.6. The van der Waals surface area contributed by atoms with Gasteiger partial charge in [-0.1, -0.05) is 78.4 Å². The van der Waals surface area contributed by atoms with E-state index in [-0.39, 0.29) is 0 Å². The zero-order valence-electron chi connectivity index (χ0n) is 25.6. The van der Waals surface area contributed by atoms with Crippen molar-refractivity contribution < 1.29 is 4.42 Å². The van der Waals surface area contributed by atoms with Gasteiger partial charge in [-0.2, -0.15) is 0 Å². The van der Waals surface area contributed by atoms with Gasteiger partial charge >= 0.3 is 0 Å². The molecule has 0 amide bonds. The van der Waals surface area contributed by atoms with E-state index in [1.807, 2.05) is 23.5 Å². The first-order valence-corrected chi connectivity index (χ1v) is 16.7. The van der Waals surface area contributed by atoms with Crippen LogP contribution in [0.1, 0.15) is 5.56 Å². The SMILES string of the molecule is Cc1ccc(N(c2ccc3sc4ccccc4c3c2)c2ccc3c4ccccc4n(-c4ccc5oc6ccccc6c5c4)c3c2)cc1. The zero-order valence-corrected chi connectivity index (χ0v) is 26.5. The predicted molar refractivity (Wildman–Crippen MR) is 200 cm³/mol. The van der Waals surface area contributed by atoms with E-state index in [9.17, 15) is 0 Å². The Morgan fingerprint density at radius 3 is 2.02 bits per heavy atom. The molecule has 10 aromatic rings. The largest absolute Gasteiger partial charge is 0.456 e. The molecule has 3 heterocycles. The summed E-state index contributed by atoms with van der Waals surface area (Å²) < 4.78 is 11.2. The molecule has 0 atom stereocenters. The maximum Gasteiger partial charge on any atom is 0.135 e. The van der Waals surface area contributed by atoms with Gasteiger partial charge in [0, 0.05) is 64.5 Å². The van der Waals surface area contributed by atoms with Crippen LogP contribution in [0, 0.1) is 6.92 Å². The highest BCUT2D eigenvalue weighted by molar-refractivity contribution is 7.25. The van der Waals surface area contributed by atoms with Gasteiger partial charge in [0.2, 0.25) is 0 Å². The average Bonchev–Trinajstić information content (AvgIpc) is 3.78. The van der Waals surface area contributed by atoms with Crippen molar-refractivity contribution in [3.8, 4) is 5.69 Å². The van der Waals surface area contributed by atoms with Crippen LogP contribution in [0.5, 0.6) is 0 Å². The fourth-order valence-electron chi connectivity index (χ4n) is 7.22. The van der Waals surface area contributed by atoms with Crippen LogP contribution in [-0.2, 0) is 0 Å². The summed E-state index contributed by atoms with van der Waals surface area (Å²) in [4.78, 5) is 2.39. The molecule has 0 fully saturated rings. The normalized spacial score (nSPS) is 11.9. The number of anilines is 3. The number of benzene rings is 7. The lowest BCUT2D eigenvalue weighted by Crippen LogP contribution is -2.10. The summed E-state index contributed by atoms with van der Waals surface area (Å²) in [6.45, 7) is 2.14. The molecule has 0 bridgehead atoms. The Hall–Kier alpha value is -5.84. The summed E-state index contributed by atoms with van der Waals surface area (Å²) in [5.41, 5.74) is 9.88. The fourth-order valence-corrected chi connectivity index (χ4v) is 8.31. The number of fused-ring (bicyclic) bond motifs is 9. The van der Waals surface area contributed by atoms with Crippen LogP contribution in [0.15, 0.2) is 156 Å². The smallest absolute Gasteiger partial charge is 0.135 e. The second-order valence-electron chi connectivity index (χ2n) is 12.3. The number of hydrogen-bond acceptors (Lipinski definition) is 3. The number of aromatic nitrogens is 1. The standard InChI is InChI=1S/C43H28N2OS/c1-27-14-16-28(17-15-27)44(29-20-23-43-37(25-29)35-10-4-7-13-42(35)47-43)31-18-21-33-32-8-2-5-11-38(32)45(39(33)26-31)30-19-22-41-36(24-30)34-9-3-6-12-40(34)46-41/h2-26H,1H3. The molecule has 0 spiro atoms. The Kier molecular flexibility index (Phi) is 5.66. The van der Waals surface area contributed by atoms with Gasteiger partial charge in [0.15, 0.2) is 0 Å². The summed E-state index contributed by atoms with van der Waals surface area (Å²) in [5.74, 6) is 0. The van der Waals surface area contributed by atoms with Crippen molar-refractivity contribution in [1.82, 2.24) is 4.57 Å². The van der Waals surface area contributed by atoms with Gasteiger partial charge in [-0.05, 0) is 85.8 Å². The Bertz CT molecular complexity index is 2820. The molecule has 0 aliphatic carbocycles. The monoisotopic (exact) mass is 620 g/mol. The predicted octanol–water partition coefficient (Wildman–Crippen LogP) is 12.8. The first-order chi connectivity index (χ1) is 23.2. The molecule has 0 radical (unpaired) electrons. The lowest BCUT2D eigenvalue weighted by molar-refractivity contribution is 0.669. The van der Waals surface area contributed by atoms with Crippen molar-refractivity contribution in [1.29, 1.82) is 0 Å². The molecular formula is C43H28N2OS. The topological polar surface area (TPSA) is 21.3 Å². The lowest BCUT2D eigenvalue weighted by atomic mass is 10.1. The summed E-state index contributed by atoms with van der Waals surface area (Å²) in [7, 11) is 0. The highest BCUT2D eigenvalue weighted by Gasteiger charge is 2.19. The van der Waals surface area contributed by atoms with Crippen molar-refractivity contribution in [2.75, 3.05) is 4.90 Å². The van der Waals surface area contributed by atoms with Crippen LogP contribution >= 0.6 is 11.3 Å². The average molecular weight is 621 g/mol. The summed E-state index contributed by atoms with van der Waals surface area (Å²) in [6.07, 6.45) is 0. The maximum atomic E-state index is 6.19. The minimum absolute atomic E-state index is 0.901. The second-order valence-corrected chi connectivity index (χ2v) is 13.4. The van der Waals surface area contributed by atoms with Crippen molar-refractivity contribution in [3.05, 3.63) is 157 Å². The Balaban J connectivity index is 1.23. The van der Waals surface area contributed by atoms with E-state index in [0.717, 1.165) is 50.2 Å².